The third-order valence-corrected chi connectivity index (χ3v) is 4.55. The maximum atomic E-state index is 10.6. The molecular formula is C17H20N2O4. The lowest BCUT2D eigenvalue weighted by Gasteiger charge is -2.35. The molecule has 4 rings (SSSR count). The van der Waals surface area contributed by atoms with Crippen LogP contribution in [0.5, 0.6) is 11.5 Å². The Bertz CT molecular complexity index is 700. The van der Waals surface area contributed by atoms with Crippen LogP contribution in [-0.2, 0) is 6.54 Å². The van der Waals surface area contributed by atoms with E-state index < -0.39 is 6.10 Å². The molecule has 0 bridgehead atoms. The second kappa shape index (κ2) is 5.86. The molecule has 1 N–H and O–H groups in total. The molecule has 0 saturated carbocycles. The molecule has 1 saturated heterocycles. The zero-order valence-corrected chi connectivity index (χ0v) is 13.1. The van der Waals surface area contributed by atoms with E-state index >= 15 is 0 Å². The third kappa shape index (κ3) is 2.92. The normalized spacial score (nSPS) is 24.1. The van der Waals surface area contributed by atoms with Gasteiger partial charge in [0.1, 0.15) is 0 Å². The Balaban J connectivity index is 1.43. The van der Waals surface area contributed by atoms with E-state index in [1.54, 1.807) is 0 Å². The minimum absolute atomic E-state index is 0.122. The summed E-state index contributed by atoms with van der Waals surface area (Å²) in [6, 6.07) is 7.88. The van der Waals surface area contributed by atoms with E-state index in [2.05, 4.69) is 10.1 Å². The number of ether oxygens (including phenoxy) is 2. The van der Waals surface area contributed by atoms with Crippen LogP contribution in [0.25, 0.3) is 0 Å². The highest BCUT2D eigenvalue weighted by molar-refractivity contribution is 5.45. The highest BCUT2D eigenvalue weighted by Gasteiger charge is 2.30. The van der Waals surface area contributed by atoms with Gasteiger partial charge in [-0.05, 0) is 37.6 Å². The fourth-order valence-electron chi connectivity index (χ4n) is 3.38. The highest BCUT2D eigenvalue weighted by Crippen LogP contribution is 2.37. The maximum Gasteiger partial charge on any atom is 0.231 e. The van der Waals surface area contributed by atoms with Gasteiger partial charge in [0.2, 0.25) is 6.79 Å². The summed E-state index contributed by atoms with van der Waals surface area (Å²) in [7, 11) is 0. The molecule has 0 aliphatic carbocycles. The van der Waals surface area contributed by atoms with E-state index in [1.807, 2.05) is 31.2 Å². The van der Waals surface area contributed by atoms with E-state index in [4.69, 9.17) is 14.0 Å². The number of likely N-dealkylation sites (tertiary alicyclic amines) is 1. The minimum atomic E-state index is -0.409. The number of benzene rings is 1. The molecule has 6 heteroatoms. The van der Waals surface area contributed by atoms with Gasteiger partial charge in [0.15, 0.2) is 17.3 Å². The van der Waals surface area contributed by atoms with Crippen molar-refractivity contribution in [3.8, 4) is 11.5 Å². The molecule has 2 aliphatic heterocycles. The number of rotatable bonds is 3. The van der Waals surface area contributed by atoms with Crippen LogP contribution in [0.1, 0.15) is 29.4 Å². The first-order chi connectivity index (χ1) is 11.2. The molecule has 2 aliphatic rings. The summed E-state index contributed by atoms with van der Waals surface area (Å²) >= 11 is 0. The van der Waals surface area contributed by atoms with Crippen molar-refractivity contribution in [3.63, 3.8) is 0 Å². The third-order valence-electron chi connectivity index (χ3n) is 4.55. The Kier molecular flexibility index (Phi) is 3.71. The minimum Gasteiger partial charge on any atom is -0.454 e. The summed E-state index contributed by atoms with van der Waals surface area (Å²) in [5.74, 6) is 2.52. The van der Waals surface area contributed by atoms with E-state index in [-0.39, 0.29) is 12.7 Å². The zero-order valence-electron chi connectivity index (χ0n) is 13.1. The van der Waals surface area contributed by atoms with Gasteiger partial charge in [0.05, 0.1) is 18.3 Å². The summed E-state index contributed by atoms with van der Waals surface area (Å²) in [6.07, 6.45) is 0.488. The molecule has 2 aromatic rings. The molecule has 2 atom stereocenters. The van der Waals surface area contributed by atoms with Crippen LogP contribution >= 0.6 is 0 Å². The lowest BCUT2D eigenvalue weighted by molar-refractivity contribution is 0.0437. The van der Waals surface area contributed by atoms with Gasteiger partial charge in [-0.1, -0.05) is 11.2 Å². The summed E-state index contributed by atoms with van der Waals surface area (Å²) < 4.78 is 16.0. The fourth-order valence-corrected chi connectivity index (χ4v) is 3.38. The first-order valence-corrected chi connectivity index (χ1v) is 7.91. The van der Waals surface area contributed by atoms with E-state index in [1.165, 1.54) is 0 Å². The molecule has 0 spiro atoms. The van der Waals surface area contributed by atoms with Gasteiger partial charge in [-0.15, -0.1) is 0 Å². The Morgan fingerprint density at radius 2 is 2.13 bits per heavy atom. The van der Waals surface area contributed by atoms with Gasteiger partial charge in [0, 0.05) is 18.5 Å². The maximum absolute atomic E-state index is 10.6. The summed E-state index contributed by atoms with van der Waals surface area (Å²) in [5, 5.41) is 14.5. The smallest absolute Gasteiger partial charge is 0.231 e. The number of aryl methyl sites for hydroxylation is 1. The second-order valence-electron chi connectivity index (χ2n) is 6.24. The van der Waals surface area contributed by atoms with Gasteiger partial charge in [0.25, 0.3) is 0 Å². The predicted molar refractivity (Wildman–Crippen MR) is 82.4 cm³/mol. The van der Waals surface area contributed by atoms with Crippen molar-refractivity contribution < 1.29 is 19.1 Å². The van der Waals surface area contributed by atoms with Crippen molar-refractivity contribution in [2.75, 3.05) is 19.9 Å². The van der Waals surface area contributed by atoms with Crippen molar-refractivity contribution in [2.45, 2.75) is 31.9 Å². The molecule has 6 nitrogen and oxygen atoms in total. The Hall–Kier alpha value is -2.05. The monoisotopic (exact) mass is 316 g/mol. The lowest BCUT2D eigenvalue weighted by atomic mass is 9.87. The number of aliphatic hydroxyl groups is 1. The van der Waals surface area contributed by atoms with Crippen LogP contribution in [0.4, 0.5) is 0 Å². The standard InChI is InChI=1S/C17H20N2O4/c1-11-6-13(23-18-11)8-19-5-4-14(15(20)9-19)12-2-3-16-17(7-12)22-10-21-16/h2-3,6-7,14-15,20H,4-5,8-10H2,1H3/t14-,15+/m0/s1. The van der Waals surface area contributed by atoms with Crippen molar-refractivity contribution in [1.82, 2.24) is 10.1 Å². The van der Waals surface area contributed by atoms with E-state index in [9.17, 15) is 5.11 Å². The number of β-amino-alcohol motifs (C(OH)–C–C–N with tert-alkyl or cyclic N) is 1. The van der Waals surface area contributed by atoms with Crippen molar-refractivity contribution in [2.24, 2.45) is 0 Å². The molecule has 1 fully saturated rings. The van der Waals surface area contributed by atoms with Gasteiger partial charge in [-0.3, -0.25) is 4.90 Å². The van der Waals surface area contributed by atoms with Crippen LogP contribution in [-0.4, -0.2) is 41.1 Å². The average Bonchev–Trinajstić information content (AvgIpc) is 3.15. The molecule has 0 amide bonds. The molecular weight excluding hydrogens is 296 g/mol. The highest BCUT2D eigenvalue weighted by atomic mass is 16.7. The first kappa shape index (κ1) is 14.5. The Morgan fingerprint density at radius 1 is 1.26 bits per heavy atom. The molecule has 23 heavy (non-hydrogen) atoms. The topological polar surface area (TPSA) is 68.0 Å². The Morgan fingerprint density at radius 3 is 2.91 bits per heavy atom. The quantitative estimate of drug-likeness (QED) is 0.935. The van der Waals surface area contributed by atoms with Crippen LogP contribution in [0.15, 0.2) is 28.8 Å². The Labute approximate surface area is 134 Å². The fraction of sp³-hybridized carbons (Fsp3) is 0.471. The van der Waals surface area contributed by atoms with Crippen molar-refractivity contribution in [1.29, 1.82) is 0 Å². The molecule has 1 aromatic heterocycles. The van der Waals surface area contributed by atoms with Crippen LogP contribution < -0.4 is 9.47 Å². The number of hydrogen-bond donors (Lipinski definition) is 1. The van der Waals surface area contributed by atoms with E-state index in [0.717, 1.165) is 41.5 Å². The van der Waals surface area contributed by atoms with Crippen molar-refractivity contribution >= 4 is 0 Å². The molecule has 0 unspecified atom stereocenters. The zero-order chi connectivity index (χ0) is 15.8. The van der Waals surface area contributed by atoms with Crippen molar-refractivity contribution in [3.05, 3.63) is 41.3 Å². The van der Waals surface area contributed by atoms with Gasteiger partial charge >= 0.3 is 0 Å². The predicted octanol–water partition coefficient (Wildman–Crippen LogP) is 2.06. The number of aliphatic hydroxyl groups excluding tert-OH is 1. The molecule has 3 heterocycles. The second-order valence-corrected chi connectivity index (χ2v) is 6.24. The molecule has 1 aromatic carbocycles. The first-order valence-electron chi connectivity index (χ1n) is 7.91. The van der Waals surface area contributed by atoms with Gasteiger partial charge in [-0.25, -0.2) is 0 Å². The van der Waals surface area contributed by atoms with Crippen LogP contribution in [0.3, 0.4) is 0 Å². The number of aromatic nitrogens is 1. The lowest BCUT2D eigenvalue weighted by Crippen LogP contribution is -2.42. The number of hydrogen-bond acceptors (Lipinski definition) is 6. The van der Waals surface area contributed by atoms with Crippen LogP contribution in [0.2, 0.25) is 0 Å². The molecule has 0 radical (unpaired) electrons. The summed E-state index contributed by atoms with van der Waals surface area (Å²) in [4.78, 5) is 2.20. The number of fused-ring (bicyclic) bond motifs is 1. The van der Waals surface area contributed by atoms with Gasteiger partial charge < -0.3 is 19.1 Å². The molecule has 122 valence electrons. The van der Waals surface area contributed by atoms with Gasteiger partial charge in [-0.2, -0.15) is 0 Å². The SMILES string of the molecule is Cc1cc(CN2CC[C@@H](c3ccc4c(c3)OCO4)[C@H](O)C2)on1. The number of piperidine rings is 1. The largest absolute Gasteiger partial charge is 0.454 e. The summed E-state index contributed by atoms with van der Waals surface area (Å²) in [5.41, 5.74) is 1.99. The van der Waals surface area contributed by atoms with Crippen LogP contribution in [0, 0.1) is 6.92 Å². The summed E-state index contributed by atoms with van der Waals surface area (Å²) in [6.45, 7) is 4.41. The average molecular weight is 316 g/mol. The van der Waals surface area contributed by atoms with E-state index in [0.29, 0.717) is 13.1 Å². The number of nitrogens with zero attached hydrogens (tertiary/aromatic N) is 2.